The second kappa shape index (κ2) is 6.69. The molecule has 18 heavy (non-hydrogen) atoms. The Labute approximate surface area is 107 Å². The molecule has 0 atom stereocenters. The molecule has 0 fully saturated rings. The predicted molar refractivity (Wildman–Crippen MR) is 67.6 cm³/mol. The van der Waals surface area contributed by atoms with Gasteiger partial charge in [0.15, 0.2) is 0 Å². The summed E-state index contributed by atoms with van der Waals surface area (Å²) in [6.45, 7) is 1.86. The molecule has 1 heterocycles. The number of H-pyrrole nitrogens is 1. The lowest BCUT2D eigenvalue weighted by molar-refractivity contribution is 0.122. The molecule has 0 saturated carbocycles. The van der Waals surface area contributed by atoms with Crippen LogP contribution in [0, 0.1) is 0 Å². The summed E-state index contributed by atoms with van der Waals surface area (Å²) in [5.74, 6) is 0.0241. The average molecular weight is 277 g/mol. The van der Waals surface area contributed by atoms with Gasteiger partial charge >= 0.3 is 0 Å². The van der Waals surface area contributed by atoms with E-state index in [0.717, 1.165) is 6.54 Å². The molecule has 0 aliphatic carbocycles. The van der Waals surface area contributed by atoms with Gasteiger partial charge in [-0.1, -0.05) is 0 Å². The number of nitrogens with zero attached hydrogens (tertiary/aromatic N) is 2. The van der Waals surface area contributed by atoms with Crippen molar-refractivity contribution in [3.8, 4) is 0 Å². The predicted octanol–water partition coefficient (Wildman–Crippen LogP) is -1.15. The highest BCUT2D eigenvalue weighted by molar-refractivity contribution is 7.89. The third-order valence-electron chi connectivity index (χ3n) is 2.14. The van der Waals surface area contributed by atoms with Gasteiger partial charge in [0.25, 0.3) is 0 Å². The summed E-state index contributed by atoms with van der Waals surface area (Å²) >= 11 is 0. The maximum absolute atomic E-state index is 11.7. The Morgan fingerprint density at radius 3 is 2.78 bits per heavy atom. The van der Waals surface area contributed by atoms with Crippen molar-refractivity contribution in [3.63, 3.8) is 0 Å². The van der Waals surface area contributed by atoms with E-state index in [9.17, 15) is 8.42 Å². The van der Waals surface area contributed by atoms with Crippen LogP contribution in [-0.2, 0) is 14.8 Å². The minimum Gasteiger partial charge on any atom is -0.383 e. The number of anilines is 1. The number of aromatic amines is 1. The molecule has 0 spiro atoms. The van der Waals surface area contributed by atoms with Crippen molar-refractivity contribution in [1.82, 2.24) is 19.8 Å². The number of nitrogen functional groups attached to an aromatic ring is 1. The minimum absolute atomic E-state index is 0.0241. The van der Waals surface area contributed by atoms with E-state index in [4.69, 9.17) is 10.5 Å². The highest BCUT2D eigenvalue weighted by Crippen LogP contribution is 2.12. The highest BCUT2D eigenvalue weighted by atomic mass is 32.2. The van der Waals surface area contributed by atoms with Crippen molar-refractivity contribution in [2.24, 2.45) is 0 Å². The summed E-state index contributed by atoms with van der Waals surface area (Å²) in [6, 6.07) is 0. The lowest BCUT2D eigenvalue weighted by Gasteiger charge is -2.10. The highest BCUT2D eigenvalue weighted by Gasteiger charge is 2.18. The van der Waals surface area contributed by atoms with Gasteiger partial charge in [-0.05, 0) is 14.1 Å². The van der Waals surface area contributed by atoms with Crippen molar-refractivity contribution in [1.29, 1.82) is 0 Å². The molecule has 0 aliphatic rings. The minimum atomic E-state index is -3.61. The molecule has 1 aromatic heterocycles. The van der Waals surface area contributed by atoms with Crippen LogP contribution < -0.4 is 10.5 Å². The van der Waals surface area contributed by atoms with Gasteiger partial charge in [0, 0.05) is 13.1 Å². The zero-order chi connectivity index (χ0) is 13.6. The normalized spacial score (nSPS) is 12.2. The van der Waals surface area contributed by atoms with Crippen LogP contribution >= 0.6 is 0 Å². The number of hydrogen-bond donors (Lipinski definition) is 3. The monoisotopic (exact) mass is 277 g/mol. The van der Waals surface area contributed by atoms with E-state index < -0.39 is 10.0 Å². The van der Waals surface area contributed by atoms with Crippen LogP contribution in [0.1, 0.15) is 0 Å². The van der Waals surface area contributed by atoms with Crippen LogP contribution in [-0.4, -0.2) is 63.9 Å². The average Bonchev–Trinajstić information content (AvgIpc) is 2.70. The zero-order valence-corrected chi connectivity index (χ0v) is 11.3. The van der Waals surface area contributed by atoms with Crippen molar-refractivity contribution in [2.75, 3.05) is 46.1 Å². The molecule has 0 radical (unpaired) electrons. The molecule has 0 aromatic carbocycles. The first kappa shape index (κ1) is 14.9. The fourth-order valence-electron chi connectivity index (χ4n) is 1.17. The standard InChI is InChI=1S/C9H19N5O3S/c1-14(2)4-6-17-5-3-12-18(15,16)8-7-11-13-9(8)10/h7,12H,3-6H2,1-2H3,(H3,10,11,13). The maximum Gasteiger partial charge on any atom is 0.245 e. The summed E-state index contributed by atoms with van der Waals surface area (Å²) < 4.78 is 31.1. The number of sulfonamides is 1. The zero-order valence-electron chi connectivity index (χ0n) is 10.5. The Bertz CT molecular complexity index is 457. The molecular formula is C9H19N5O3S. The Morgan fingerprint density at radius 1 is 1.50 bits per heavy atom. The van der Waals surface area contributed by atoms with Gasteiger partial charge in [0.1, 0.15) is 10.7 Å². The first-order valence-corrected chi connectivity index (χ1v) is 6.93. The van der Waals surface area contributed by atoms with E-state index in [1.807, 2.05) is 19.0 Å². The van der Waals surface area contributed by atoms with E-state index in [0.29, 0.717) is 13.2 Å². The first-order valence-electron chi connectivity index (χ1n) is 5.44. The molecule has 4 N–H and O–H groups in total. The molecule has 0 unspecified atom stereocenters. The molecule has 0 aliphatic heterocycles. The van der Waals surface area contributed by atoms with Crippen LogP contribution in [0.15, 0.2) is 11.1 Å². The Kier molecular flexibility index (Phi) is 5.54. The number of rotatable bonds is 8. The van der Waals surface area contributed by atoms with E-state index in [-0.39, 0.29) is 17.3 Å². The quantitative estimate of drug-likeness (QED) is 0.517. The van der Waals surface area contributed by atoms with Gasteiger partial charge in [-0.2, -0.15) is 5.10 Å². The third kappa shape index (κ3) is 4.61. The van der Waals surface area contributed by atoms with Gasteiger partial charge in [-0.25, -0.2) is 13.1 Å². The Morgan fingerprint density at radius 2 is 2.22 bits per heavy atom. The van der Waals surface area contributed by atoms with Gasteiger partial charge < -0.3 is 15.4 Å². The molecular weight excluding hydrogens is 258 g/mol. The van der Waals surface area contributed by atoms with Crippen LogP contribution in [0.3, 0.4) is 0 Å². The molecule has 9 heteroatoms. The molecule has 1 rings (SSSR count). The van der Waals surface area contributed by atoms with E-state index in [2.05, 4.69) is 14.9 Å². The van der Waals surface area contributed by atoms with E-state index in [1.165, 1.54) is 6.20 Å². The van der Waals surface area contributed by atoms with Crippen LogP contribution in [0.25, 0.3) is 0 Å². The van der Waals surface area contributed by atoms with Crippen molar-refractivity contribution >= 4 is 15.8 Å². The van der Waals surface area contributed by atoms with E-state index in [1.54, 1.807) is 0 Å². The fourth-order valence-corrected chi connectivity index (χ4v) is 2.21. The van der Waals surface area contributed by atoms with Crippen LogP contribution in [0.5, 0.6) is 0 Å². The number of aromatic nitrogens is 2. The number of hydrogen-bond acceptors (Lipinski definition) is 6. The first-order chi connectivity index (χ1) is 8.43. The SMILES string of the molecule is CN(C)CCOCCNS(=O)(=O)c1cn[nH]c1N. The second-order valence-electron chi connectivity index (χ2n) is 3.96. The van der Waals surface area contributed by atoms with Crippen LogP contribution in [0.4, 0.5) is 5.82 Å². The number of likely N-dealkylation sites (N-methyl/N-ethyl adjacent to an activating group) is 1. The summed E-state index contributed by atoms with van der Waals surface area (Å²) in [6.07, 6.45) is 1.17. The lowest BCUT2D eigenvalue weighted by atomic mass is 10.6. The fraction of sp³-hybridized carbons (Fsp3) is 0.667. The Balaban J connectivity index is 2.29. The molecule has 0 saturated heterocycles. The van der Waals surface area contributed by atoms with Gasteiger partial charge in [-0.3, -0.25) is 5.10 Å². The smallest absolute Gasteiger partial charge is 0.245 e. The Hall–Kier alpha value is -1.16. The van der Waals surface area contributed by atoms with Gasteiger partial charge in [0.05, 0.1) is 19.4 Å². The number of ether oxygens (including phenoxy) is 1. The second-order valence-corrected chi connectivity index (χ2v) is 5.70. The van der Waals surface area contributed by atoms with E-state index >= 15 is 0 Å². The van der Waals surface area contributed by atoms with Crippen molar-refractivity contribution < 1.29 is 13.2 Å². The molecule has 1 aromatic rings. The molecule has 104 valence electrons. The molecule has 8 nitrogen and oxygen atoms in total. The largest absolute Gasteiger partial charge is 0.383 e. The number of nitrogens with one attached hydrogen (secondary N) is 2. The van der Waals surface area contributed by atoms with Crippen LogP contribution in [0.2, 0.25) is 0 Å². The van der Waals surface area contributed by atoms with Gasteiger partial charge in [-0.15, -0.1) is 0 Å². The summed E-state index contributed by atoms with van der Waals surface area (Å²) in [5.41, 5.74) is 5.44. The van der Waals surface area contributed by atoms with Gasteiger partial charge in [0.2, 0.25) is 10.0 Å². The van der Waals surface area contributed by atoms with Crippen molar-refractivity contribution in [2.45, 2.75) is 4.90 Å². The number of nitrogens with two attached hydrogens (primary N) is 1. The van der Waals surface area contributed by atoms with Crippen molar-refractivity contribution in [3.05, 3.63) is 6.20 Å². The summed E-state index contributed by atoms with van der Waals surface area (Å²) in [5, 5.41) is 5.93. The molecule has 0 amide bonds. The maximum atomic E-state index is 11.7. The topological polar surface area (TPSA) is 113 Å². The molecule has 0 bridgehead atoms. The lowest BCUT2D eigenvalue weighted by Crippen LogP contribution is -2.28. The summed E-state index contributed by atoms with van der Waals surface area (Å²) in [4.78, 5) is 1.94. The third-order valence-corrected chi connectivity index (χ3v) is 3.63. The summed E-state index contributed by atoms with van der Waals surface area (Å²) in [7, 11) is 0.266.